The van der Waals surface area contributed by atoms with E-state index in [0.29, 0.717) is 31.3 Å². The highest BCUT2D eigenvalue weighted by molar-refractivity contribution is 7.14. The monoisotopic (exact) mass is 369 g/mol. The van der Waals surface area contributed by atoms with Crippen LogP contribution in [0.3, 0.4) is 0 Å². The Morgan fingerprint density at radius 3 is 2.64 bits per heavy atom. The largest absolute Gasteiger partial charge is 0.456 e. The molecule has 0 unspecified atom stereocenters. The summed E-state index contributed by atoms with van der Waals surface area (Å²) in [6.07, 6.45) is -0.0772. The van der Waals surface area contributed by atoms with Gasteiger partial charge in [0.05, 0.1) is 25.2 Å². The number of rotatable bonds is 7. The van der Waals surface area contributed by atoms with E-state index in [2.05, 4.69) is 5.32 Å². The van der Waals surface area contributed by atoms with Gasteiger partial charge in [0, 0.05) is 19.5 Å². The molecule has 2 rings (SSSR count). The van der Waals surface area contributed by atoms with Crippen LogP contribution in [0.25, 0.3) is 0 Å². The lowest BCUT2D eigenvalue weighted by Gasteiger charge is -2.26. The van der Waals surface area contributed by atoms with Gasteiger partial charge in [-0.05, 0) is 11.4 Å². The molecule has 1 aliphatic heterocycles. The van der Waals surface area contributed by atoms with E-state index in [1.807, 2.05) is 0 Å². The van der Waals surface area contributed by atoms with Crippen molar-refractivity contribution >= 4 is 40.0 Å². The maximum absolute atomic E-state index is 11.9. The number of nitrogens with zero attached hydrogens (tertiary/aromatic N) is 1. The lowest BCUT2D eigenvalue weighted by Crippen LogP contribution is -2.40. The predicted octanol–water partition coefficient (Wildman–Crippen LogP) is -0.0323. The van der Waals surface area contributed by atoms with Crippen LogP contribution < -0.4 is 11.1 Å². The van der Waals surface area contributed by atoms with E-state index in [0.717, 1.165) is 11.3 Å². The molecule has 2 heterocycles. The molecule has 1 aromatic heterocycles. The fraction of sp³-hybridized carbons (Fsp3) is 0.467. The van der Waals surface area contributed by atoms with E-state index in [-0.39, 0.29) is 24.3 Å². The summed E-state index contributed by atoms with van der Waals surface area (Å²) < 4.78 is 9.98. The molecule has 0 spiro atoms. The van der Waals surface area contributed by atoms with E-state index in [9.17, 15) is 19.2 Å². The molecule has 10 heteroatoms. The molecule has 1 saturated heterocycles. The van der Waals surface area contributed by atoms with Crippen molar-refractivity contribution in [1.29, 1.82) is 0 Å². The predicted molar refractivity (Wildman–Crippen MR) is 89.1 cm³/mol. The minimum Gasteiger partial charge on any atom is -0.456 e. The smallest absolute Gasteiger partial charge is 0.306 e. The fourth-order valence-corrected chi connectivity index (χ4v) is 2.97. The molecular weight excluding hydrogens is 350 g/mol. The molecule has 0 atom stereocenters. The molecule has 0 bridgehead atoms. The maximum atomic E-state index is 11.9. The molecule has 0 aliphatic carbocycles. The first kappa shape index (κ1) is 18.9. The van der Waals surface area contributed by atoms with Crippen LogP contribution in [-0.2, 0) is 23.9 Å². The number of primary amides is 1. The zero-order valence-corrected chi connectivity index (χ0v) is 14.3. The summed E-state index contributed by atoms with van der Waals surface area (Å²) in [5, 5.41) is 4.37. The summed E-state index contributed by atoms with van der Waals surface area (Å²) in [5.74, 6) is -2.03. The number of hydrogen-bond donors (Lipinski definition) is 2. The highest BCUT2D eigenvalue weighted by atomic mass is 32.1. The number of ether oxygens (including phenoxy) is 2. The fourth-order valence-electron chi connectivity index (χ4n) is 2.16. The third kappa shape index (κ3) is 5.84. The molecule has 3 amide bonds. The van der Waals surface area contributed by atoms with Gasteiger partial charge in [-0.15, -0.1) is 11.3 Å². The number of morpholine rings is 1. The van der Waals surface area contributed by atoms with Gasteiger partial charge in [-0.1, -0.05) is 0 Å². The molecule has 0 saturated carbocycles. The van der Waals surface area contributed by atoms with Crippen molar-refractivity contribution in [2.75, 3.05) is 38.2 Å². The Balaban J connectivity index is 1.68. The molecule has 0 aromatic carbocycles. The molecule has 136 valence electrons. The Kier molecular flexibility index (Phi) is 6.90. The van der Waals surface area contributed by atoms with E-state index in [4.69, 9.17) is 15.2 Å². The normalized spacial score (nSPS) is 14.0. The van der Waals surface area contributed by atoms with Gasteiger partial charge >= 0.3 is 5.97 Å². The number of carbonyl (C=O) groups is 4. The number of nitrogens with two attached hydrogens (primary N) is 1. The Morgan fingerprint density at radius 1 is 1.24 bits per heavy atom. The van der Waals surface area contributed by atoms with Crippen molar-refractivity contribution in [2.45, 2.75) is 12.8 Å². The van der Waals surface area contributed by atoms with Crippen LogP contribution in [0.15, 0.2) is 11.4 Å². The lowest BCUT2D eigenvalue weighted by atomic mass is 10.2. The van der Waals surface area contributed by atoms with E-state index in [1.165, 1.54) is 6.07 Å². The summed E-state index contributed by atoms with van der Waals surface area (Å²) in [6, 6.07) is 1.49. The number of anilines is 1. The Labute approximate surface area is 148 Å². The standard InChI is InChI=1S/C15H19N3O6S/c16-14(22)10-3-8-25-15(10)17-11(19)9-24-13(21)2-1-12(20)18-4-6-23-7-5-18/h3,8H,1-2,4-7,9H2,(H2,16,22)(H,17,19). The second kappa shape index (κ2) is 9.14. The van der Waals surface area contributed by atoms with Crippen LogP contribution in [0.4, 0.5) is 5.00 Å². The number of carbonyl (C=O) groups excluding carboxylic acids is 4. The van der Waals surface area contributed by atoms with Crippen molar-refractivity contribution in [1.82, 2.24) is 4.90 Å². The number of amides is 3. The average Bonchev–Trinajstić information content (AvgIpc) is 3.07. The minimum absolute atomic E-state index is 0.0250. The first-order valence-electron chi connectivity index (χ1n) is 7.65. The number of thiophene rings is 1. The molecule has 9 nitrogen and oxygen atoms in total. The maximum Gasteiger partial charge on any atom is 0.306 e. The first-order valence-corrected chi connectivity index (χ1v) is 8.53. The molecule has 1 fully saturated rings. The van der Waals surface area contributed by atoms with E-state index < -0.39 is 24.4 Å². The van der Waals surface area contributed by atoms with Crippen LogP contribution in [0, 0.1) is 0 Å². The third-order valence-electron chi connectivity index (χ3n) is 3.45. The van der Waals surface area contributed by atoms with Crippen LogP contribution in [0.5, 0.6) is 0 Å². The summed E-state index contributed by atoms with van der Waals surface area (Å²) in [7, 11) is 0. The zero-order valence-electron chi connectivity index (χ0n) is 13.5. The van der Waals surface area contributed by atoms with Crippen molar-refractivity contribution in [2.24, 2.45) is 5.73 Å². The summed E-state index contributed by atoms with van der Waals surface area (Å²) in [4.78, 5) is 48.1. The SMILES string of the molecule is NC(=O)c1ccsc1NC(=O)COC(=O)CCC(=O)N1CCOCC1. The highest BCUT2D eigenvalue weighted by Crippen LogP contribution is 2.22. The first-order chi connectivity index (χ1) is 12.0. The van der Waals surface area contributed by atoms with Crippen LogP contribution in [0.2, 0.25) is 0 Å². The van der Waals surface area contributed by atoms with Crippen molar-refractivity contribution < 1.29 is 28.7 Å². The van der Waals surface area contributed by atoms with Gasteiger partial charge < -0.3 is 25.4 Å². The van der Waals surface area contributed by atoms with Crippen LogP contribution in [-0.4, -0.2) is 61.5 Å². The second-order valence-corrected chi connectivity index (χ2v) is 6.15. The number of hydrogen-bond acceptors (Lipinski definition) is 7. The molecule has 1 aliphatic rings. The van der Waals surface area contributed by atoms with Gasteiger partial charge in [0.1, 0.15) is 5.00 Å². The molecule has 3 N–H and O–H groups in total. The van der Waals surface area contributed by atoms with E-state index in [1.54, 1.807) is 10.3 Å². The Hall–Kier alpha value is -2.46. The lowest BCUT2D eigenvalue weighted by molar-refractivity contribution is -0.149. The number of nitrogens with one attached hydrogen (secondary N) is 1. The highest BCUT2D eigenvalue weighted by Gasteiger charge is 2.19. The minimum atomic E-state index is -0.657. The average molecular weight is 369 g/mol. The van der Waals surface area contributed by atoms with Crippen LogP contribution >= 0.6 is 11.3 Å². The van der Waals surface area contributed by atoms with Gasteiger partial charge in [0.2, 0.25) is 5.91 Å². The molecule has 0 radical (unpaired) electrons. The summed E-state index contributed by atoms with van der Waals surface area (Å²) in [5.41, 5.74) is 5.37. The van der Waals surface area contributed by atoms with Gasteiger partial charge in [-0.25, -0.2) is 0 Å². The van der Waals surface area contributed by atoms with Gasteiger partial charge in [0.15, 0.2) is 6.61 Å². The third-order valence-corrected chi connectivity index (χ3v) is 4.28. The van der Waals surface area contributed by atoms with Gasteiger partial charge in [-0.3, -0.25) is 19.2 Å². The zero-order chi connectivity index (χ0) is 18.2. The van der Waals surface area contributed by atoms with Crippen molar-refractivity contribution in [3.63, 3.8) is 0 Å². The van der Waals surface area contributed by atoms with E-state index >= 15 is 0 Å². The van der Waals surface area contributed by atoms with Gasteiger partial charge in [-0.2, -0.15) is 0 Å². The summed E-state index contributed by atoms with van der Waals surface area (Å²) >= 11 is 1.14. The second-order valence-electron chi connectivity index (χ2n) is 5.23. The van der Waals surface area contributed by atoms with Crippen molar-refractivity contribution in [3.8, 4) is 0 Å². The van der Waals surface area contributed by atoms with Crippen LogP contribution in [0.1, 0.15) is 23.2 Å². The molecule has 25 heavy (non-hydrogen) atoms. The summed E-state index contributed by atoms with van der Waals surface area (Å²) in [6.45, 7) is 1.51. The topological polar surface area (TPSA) is 128 Å². The van der Waals surface area contributed by atoms with Crippen molar-refractivity contribution in [3.05, 3.63) is 17.0 Å². The molecule has 1 aromatic rings. The molecular formula is C15H19N3O6S. The number of esters is 1. The van der Waals surface area contributed by atoms with Gasteiger partial charge in [0.25, 0.3) is 11.8 Å². The Bertz CT molecular complexity index is 653. The Morgan fingerprint density at radius 2 is 1.96 bits per heavy atom. The quantitative estimate of drug-likeness (QED) is 0.650.